The zero-order chi connectivity index (χ0) is 22.1. The number of nitrogens with one attached hydrogen (secondary N) is 1. The Morgan fingerprint density at radius 3 is 2.47 bits per heavy atom. The summed E-state index contributed by atoms with van der Waals surface area (Å²) in [6.07, 6.45) is 8.21. The number of aliphatic hydroxyl groups excluding tert-OH is 1. The van der Waals surface area contributed by atoms with Gasteiger partial charge in [0.25, 0.3) is 0 Å². The number of aliphatic hydroxyl groups is 1. The standard InChI is InChI=1S/C26H41Cl2NO/c1-17(2)8-6-9-18(3)20-12-14-26(5)24(30)22(13-15-25(20,26)4)29-16-19-10-7-11-21(27)23(19)28/h7,10-11,17-18,20,22,24,29-30H,6,8-9,12-16H2,1-5H3/t18-,20-,22+,24-,25-,26+/m1/s1. The van der Waals surface area contributed by atoms with Crippen molar-refractivity contribution in [2.75, 3.05) is 0 Å². The van der Waals surface area contributed by atoms with Gasteiger partial charge < -0.3 is 10.4 Å². The summed E-state index contributed by atoms with van der Waals surface area (Å²) in [6.45, 7) is 12.6. The summed E-state index contributed by atoms with van der Waals surface area (Å²) in [5, 5.41) is 16.3. The highest BCUT2D eigenvalue weighted by Gasteiger charge is 2.61. The van der Waals surface area contributed by atoms with Gasteiger partial charge in [-0.2, -0.15) is 0 Å². The molecule has 0 unspecified atom stereocenters. The minimum Gasteiger partial charge on any atom is -0.391 e. The fourth-order valence-electron chi connectivity index (χ4n) is 6.60. The van der Waals surface area contributed by atoms with E-state index >= 15 is 0 Å². The van der Waals surface area contributed by atoms with Crippen LogP contribution in [0.1, 0.15) is 85.1 Å². The fourth-order valence-corrected chi connectivity index (χ4v) is 6.99. The molecule has 0 saturated heterocycles. The Bertz CT molecular complexity index is 723. The highest BCUT2D eigenvalue weighted by Crippen LogP contribution is 2.65. The van der Waals surface area contributed by atoms with Gasteiger partial charge in [0.2, 0.25) is 0 Å². The lowest BCUT2D eigenvalue weighted by molar-refractivity contribution is -0.113. The summed E-state index contributed by atoms with van der Waals surface area (Å²) in [4.78, 5) is 0. The predicted octanol–water partition coefficient (Wildman–Crippen LogP) is 7.49. The van der Waals surface area contributed by atoms with E-state index in [4.69, 9.17) is 23.2 Å². The predicted molar refractivity (Wildman–Crippen MR) is 129 cm³/mol. The minimum atomic E-state index is -0.331. The van der Waals surface area contributed by atoms with Gasteiger partial charge in [0.1, 0.15) is 0 Å². The van der Waals surface area contributed by atoms with Gasteiger partial charge in [-0.05, 0) is 60.5 Å². The summed E-state index contributed by atoms with van der Waals surface area (Å²) in [6, 6.07) is 5.86. The molecule has 170 valence electrons. The van der Waals surface area contributed by atoms with Gasteiger partial charge in [-0.15, -0.1) is 0 Å². The average molecular weight is 455 g/mol. The zero-order valence-corrected chi connectivity index (χ0v) is 21.0. The molecule has 1 aromatic rings. The van der Waals surface area contributed by atoms with Gasteiger partial charge in [-0.1, -0.05) is 89.2 Å². The van der Waals surface area contributed by atoms with Crippen LogP contribution >= 0.6 is 23.2 Å². The molecular weight excluding hydrogens is 413 g/mol. The Morgan fingerprint density at radius 2 is 1.77 bits per heavy atom. The molecule has 2 saturated carbocycles. The monoisotopic (exact) mass is 453 g/mol. The summed E-state index contributed by atoms with van der Waals surface area (Å²) in [5.41, 5.74) is 1.19. The second kappa shape index (κ2) is 9.69. The van der Waals surface area contributed by atoms with Crippen LogP contribution < -0.4 is 5.32 Å². The number of halogens is 2. The maximum absolute atomic E-state index is 11.5. The van der Waals surface area contributed by atoms with E-state index in [0.717, 1.165) is 30.2 Å². The second-order valence-electron chi connectivity index (χ2n) is 11.0. The number of hydrogen-bond acceptors (Lipinski definition) is 2. The van der Waals surface area contributed by atoms with Gasteiger partial charge in [0.05, 0.1) is 16.1 Å². The van der Waals surface area contributed by atoms with E-state index in [1.54, 1.807) is 0 Å². The van der Waals surface area contributed by atoms with E-state index in [0.29, 0.717) is 22.5 Å². The first-order valence-corrected chi connectivity index (χ1v) is 12.7. The maximum atomic E-state index is 11.5. The van der Waals surface area contributed by atoms with E-state index in [9.17, 15) is 5.11 Å². The summed E-state index contributed by atoms with van der Waals surface area (Å²) in [5.74, 6) is 2.24. The lowest BCUT2D eigenvalue weighted by Crippen LogP contribution is -2.58. The molecule has 0 aliphatic heterocycles. The molecule has 0 aromatic heterocycles. The molecule has 0 amide bonds. The topological polar surface area (TPSA) is 32.3 Å². The quantitative estimate of drug-likeness (QED) is 0.426. The Morgan fingerprint density at radius 1 is 1.07 bits per heavy atom. The van der Waals surface area contributed by atoms with Crippen molar-refractivity contribution in [3.05, 3.63) is 33.8 Å². The second-order valence-corrected chi connectivity index (χ2v) is 11.8. The molecule has 4 heteroatoms. The maximum Gasteiger partial charge on any atom is 0.0752 e. The molecule has 1 aromatic carbocycles. The Hall–Kier alpha value is -0.280. The Balaban J connectivity index is 1.66. The van der Waals surface area contributed by atoms with Gasteiger partial charge in [0.15, 0.2) is 0 Å². The molecule has 30 heavy (non-hydrogen) atoms. The Kier molecular flexibility index (Phi) is 7.87. The molecule has 2 aliphatic rings. The van der Waals surface area contributed by atoms with Gasteiger partial charge in [0, 0.05) is 18.0 Å². The van der Waals surface area contributed by atoms with E-state index in [1.807, 2.05) is 18.2 Å². The highest BCUT2D eigenvalue weighted by molar-refractivity contribution is 6.42. The van der Waals surface area contributed by atoms with Crippen molar-refractivity contribution in [1.29, 1.82) is 0 Å². The summed E-state index contributed by atoms with van der Waals surface area (Å²) >= 11 is 12.5. The van der Waals surface area contributed by atoms with E-state index < -0.39 is 0 Å². The fraction of sp³-hybridized carbons (Fsp3) is 0.769. The third kappa shape index (κ3) is 4.58. The van der Waals surface area contributed by atoms with Crippen LogP contribution in [0.5, 0.6) is 0 Å². The molecule has 0 spiro atoms. The van der Waals surface area contributed by atoms with Crippen LogP contribution in [0, 0.1) is 28.6 Å². The number of hydrogen-bond donors (Lipinski definition) is 2. The lowest BCUT2D eigenvalue weighted by atomic mass is 9.53. The third-order valence-electron chi connectivity index (χ3n) is 8.82. The van der Waals surface area contributed by atoms with E-state index in [1.165, 1.54) is 32.1 Å². The first-order valence-electron chi connectivity index (χ1n) is 11.9. The first-order chi connectivity index (χ1) is 14.1. The van der Waals surface area contributed by atoms with Crippen molar-refractivity contribution >= 4 is 23.2 Å². The van der Waals surface area contributed by atoms with Crippen LogP contribution in [0.2, 0.25) is 10.0 Å². The van der Waals surface area contributed by atoms with Crippen molar-refractivity contribution in [3.63, 3.8) is 0 Å². The van der Waals surface area contributed by atoms with Crippen LogP contribution in [0.15, 0.2) is 18.2 Å². The summed E-state index contributed by atoms with van der Waals surface area (Å²) in [7, 11) is 0. The summed E-state index contributed by atoms with van der Waals surface area (Å²) < 4.78 is 0. The van der Waals surface area contributed by atoms with Gasteiger partial charge >= 0.3 is 0 Å². The van der Waals surface area contributed by atoms with Crippen molar-refractivity contribution in [2.24, 2.45) is 28.6 Å². The molecule has 2 nitrogen and oxygen atoms in total. The van der Waals surface area contributed by atoms with Crippen molar-refractivity contribution in [2.45, 2.75) is 98.3 Å². The number of benzene rings is 1. The molecule has 3 rings (SSSR count). The zero-order valence-electron chi connectivity index (χ0n) is 19.5. The Labute approximate surface area is 194 Å². The third-order valence-corrected chi connectivity index (χ3v) is 9.68. The van der Waals surface area contributed by atoms with Crippen LogP contribution in [0.3, 0.4) is 0 Å². The molecule has 0 bridgehead atoms. The molecule has 2 N–H and O–H groups in total. The van der Waals surface area contributed by atoms with E-state index in [-0.39, 0.29) is 23.0 Å². The molecule has 2 aliphatic carbocycles. The normalized spacial score (nSPS) is 34.9. The molecule has 2 fully saturated rings. The number of fused-ring (bicyclic) bond motifs is 1. The first kappa shape index (κ1) is 24.4. The van der Waals surface area contributed by atoms with Crippen molar-refractivity contribution < 1.29 is 5.11 Å². The van der Waals surface area contributed by atoms with Gasteiger partial charge in [-0.25, -0.2) is 0 Å². The van der Waals surface area contributed by atoms with Gasteiger partial charge in [-0.3, -0.25) is 0 Å². The molecule has 0 heterocycles. The van der Waals surface area contributed by atoms with E-state index in [2.05, 4.69) is 39.9 Å². The molecule has 0 radical (unpaired) electrons. The van der Waals surface area contributed by atoms with Crippen molar-refractivity contribution in [1.82, 2.24) is 5.32 Å². The van der Waals surface area contributed by atoms with Crippen LogP contribution in [-0.4, -0.2) is 17.3 Å². The van der Waals surface area contributed by atoms with Crippen LogP contribution in [-0.2, 0) is 6.54 Å². The van der Waals surface area contributed by atoms with Crippen molar-refractivity contribution in [3.8, 4) is 0 Å². The molecule has 6 atom stereocenters. The largest absolute Gasteiger partial charge is 0.391 e. The average Bonchev–Trinajstić information content (AvgIpc) is 2.97. The number of rotatable bonds is 8. The minimum absolute atomic E-state index is 0.0297. The highest BCUT2D eigenvalue weighted by atomic mass is 35.5. The lowest BCUT2D eigenvalue weighted by Gasteiger charge is -2.55. The van der Waals surface area contributed by atoms with Crippen LogP contribution in [0.4, 0.5) is 0 Å². The van der Waals surface area contributed by atoms with Crippen LogP contribution in [0.25, 0.3) is 0 Å². The SMILES string of the molecule is CC(C)CCC[C@@H](C)[C@H]1CC[C@@]2(C)[C@H](O)[C@@H](NCc3cccc(Cl)c3Cl)CC[C@]12C. The smallest absolute Gasteiger partial charge is 0.0752 e. The molecular formula is C26H41Cl2NO.